The molecule has 2 aliphatic heterocycles. The van der Waals surface area contributed by atoms with Crippen LogP contribution < -0.4 is 5.32 Å². The van der Waals surface area contributed by atoms with E-state index in [0.717, 1.165) is 5.56 Å². The summed E-state index contributed by atoms with van der Waals surface area (Å²) < 4.78 is 39.2. The molecule has 3 atom stereocenters. The Morgan fingerprint density at radius 2 is 1.79 bits per heavy atom. The Bertz CT molecular complexity index is 1100. The zero-order valence-corrected chi connectivity index (χ0v) is 20.8. The van der Waals surface area contributed by atoms with Gasteiger partial charge in [-0.3, -0.25) is 9.69 Å². The number of aryl methyl sites for hydroxylation is 1. The van der Waals surface area contributed by atoms with Crippen molar-refractivity contribution >= 4 is 21.6 Å². The predicted molar refractivity (Wildman–Crippen MR) is 130 cm³/mol. The van der Waals surface area contributed by atoms with Crippen LogP contribution in [0.2, 0.25) is 0 Å². The fourth-order valence-electron chi connectivity index (χ4n) is 4.45. The molecule has 0 bridgehead atoms. The average molecular weight is 488 g/mol. The van der Waals surface area contributed by atoms with Gasteiger partial charge in [-0.15, -0.1) is 0 Å². The molecule has 34 heavy (non-hydrogen) atoms. The normalized spacial score (nSPS) is 23.4. The van der Waals surface area contributed by atoms with Crippen LogP contribution in [0.15, 0.2) is 53.4 Å². The molecular weight excluding hydrogens is 454 g/mol. The summed E-state index contributed by atoms with van der Waals surface area (Å²) >= 11 is 0. The Morgan fingerprint density at radius 1 is 1.09 bits per heavy atom. The van der Waals surface area contributed by atoms with Gasteiger partial charge in [0.25, 0.3) is 0 Å². The second-order valence-corrected chi connectivity index (χ2v) is 10.9. The number of amides is 1. The summed E-state index contributed by atoms with van der Waals surface area (Å²) in [4.78, 5) is 15.5. The third-order valence-corrected chi connectivity index (χ3v) is 8.47. The standard InChI is InChI=1S/C25H33N3O5S/c1-18-9-10-22(15-24(18)34(30,31)28-11-13-32-14-12-28)26-25(29)20(3)27-16-19(2)33-23(17-27)21-7-5-4-6-8-21/h4-10,15,19-20,23H,11-14,16-17H2,1-3H3,(H,26,29). The summed E-state index contributed by atoms with van der Waals surface area (Å²) in [6.45, 7) is 8.31. The topological polar surface area (TPSA) is 88.2 Å². The lowest BCUT2D eigenvalue weighted by Crippen LogP contribution is -2.51. The van der Waals surface area contributed by atoms with E-state index in [2.05, 4.69) is 10.2 Å². The summed E-state index contributed by atoms with van der Waals surface area (Å²) in [7, 11) is -3.66. The number of ether oxygens (including phenoxy) is 2. The maximum atomic E-state index is 13.2. The van der Waals surface area contributed by atoms with Crippen LogP contribution in [0.4, 0.5) is 5.69 Å². The smallest absolute Gasteiger partial charge is 0.243 e. The van der Waals surface area contributed by atoms with E-state index in [4.69, 9.17) is 9.47 Å². The average Bonchev–Trinajstić information content (AvgIpc) is 2.85. The number of nitrogens with one attached hydrogen (secondary N) is 1. The molecule has 3 unspecified atom stereocenters. The highest BCUT2D eigenvalue weighted by Crippen LogP contribution is 2.28. The first-order valence-electron chi connectivity index (χ1n) is 11.7. The van der Waals surface area contributed by atoms with Crippen molar-refractivity contribution in [2.24, 2.45) is 0 Å². The van der Waals surface area contributed by atoms with Crippen LogP contribution in [0, 0.1) is 6.92 Å². The van der Waals surface area contributed by atoms with Crippen molar-refractivity contribution < 1.29 is 22.7 Å². The van der Waals surface area contributed by atoms with Gasteiger partial charge in [0.2, 0.25) is 15.9 Å². The zero-order chi connectivity index (χ0) is 24.3. The van der Waals surface area contributed by atoms with Crippen LogP contribution in [0.25, 0.3) is 0 Å². The van der Waals surface area contributed by atoms with Crippen molar-refractivity contribution in [2.75, 3.05) is 44.7 Å². The highest BCUT2D eigenvalue weighted by molar-refractivity contribution is 7.89. The largest absolute Gasteiger partial charge is 0.379 e. The summed E-state index contributed by atoms with van der Waals surface area (Å²) in [6.07, 6.45) is -0.122. The van der Waals surface area contributed by atoms with Crippen molar-refractivity contribution in [3.63, 3.8) is 0 Å². The van der Waals surface area contributed by atoms with E-state index in [1.807, 2.05) is 44.2 Å². The van der Waals surface area contributed by atoms with Crippen molar-refractivity contribution in [3.8, 4) is 0 Å². The van der Waals surface area contributed by atoms with Crippen LogP contribution in [-0.4, -0.2) is 75.1 Å². The van der Waals surface area contributed by atoms with E-state index >= 15 is 0 Å². The maximum absolute atomic E-state index is 13.2. The molecule has 8 nitrogen and oxygen atoms in total. The number of carbonyl (C=O) groups excluding carboxylic acids is 1. The highest BCUT2D eigenvalue weighted by atomic mass is 32.2. The van der Waals surface area contributed by atoms with Gasteiger partial charge < -0.3 is 14.8 Å². The van der Waals surface area contributed by atoms with Gasteiger partial charge in [-0.25, -0.2) is 8.42 Å². The minimum Gasteiger partial charge on any atom is -0.379 e. The van der Waals surface area contributed by atoms with Gasteiger partial charge in [0.15, 0.2) is 0 Å². The van der Waals surface area contributed by atoms with Crippen LogP contribution in [0.1, 0.15) is 31.1 Å². The number of hydrogen-bond acceptors (Lipinski definition) is 6. The molecule has 2 aromatic rings. The summed E-state index contributed by atoms with van der Waals surface area (Å²) in [5.74, 6) is -0.181. The second kappa shape index (κ2) is 10.5. The fourth-order valence-corrected chi connectivity index (χ4v) is 6.11. The van der Waals surface area contributed by atoms with Crippen molar-refractivity contribution in [2.45, 2.75) is 43.9 Å². The first-order valence-corrected chi connectivity index (χ1v) is 13.1. The molecule has 2 aromatic carbocycles. The van der Waals surface area contributed by atoms with Crippen molar-refractivity contribution in [1.29, 1.82) is 0 Å². The third kappa shape index (κ3) is 5.50. The first kappa shape index (κ1) is 24.8. The molecule has 0 radical (unpaired) electrons. The molecule has 2 heterocycles. The van der Waals surface area contributed by atoms with Gasteiger partial charge in [-0.1, -0.05) is 36.4 Å². The minimum atomic E-state index is -3.66. The molecule has 0 saturated carbocycles. The second-order valence-electron chi connectivity index (χ2n) is 8.96. The van der Waals surface area contributed by atoms with E-state index < -0.39 is 16.1 Å². The Morgan fingerprint density at radius 3 is 2.50 bits per heavy atom. The molecule has 9 heteroatoms. The van der Waals surface area contributed by atoms with E-state index in [1.165, 1.54) is 4.31 Å². The maximum Gasteiger partial charge on any atom is 0.243 e. The van der Waals surface area contributed by atoms with Gasteiger partial charge in [-0.2, -0.15) is 4.31 Å². The molecule has 2 aliphatic rings. The number of carbonyl (C=O) groups is 1. The summed E-state index contributed by atoms with van der Waals surface area (Å²) in [5, 5.41) is 2.92. The lowest BCUT2D eigenvalue weighted by Gasteiger charge is -2.39. The number of sulfonamides is 1. The number of benzene rings is 2. The van der Waals surface area contributed by atoms with E-state index in [9.17, 15) is 13.2 Å². The Kier molecular flexibility index (Phi) is 7.69. The lowest BCUT2D eigenvalue weighted by molar-refractivity contribution is -0.128. The van der Waals surface area contributed by atoms with Crippen molar-refractivity contribution in [3.05, 3.63) is 59.7 Å². The molecule has 2 fully saturated rings. The molecule has 1 amide bonds. The number of morpholine rings is 2. The fraction of sp³-hybridized carbons (Fsp3) is 0.480. The van der Waals surface area contributed by atoms with Crippen LogP contribution in [0.5, 0.6) is 0 Å². The minimum absolute atomic E-state index is 0.0150. The van der Waals surface area contributed by atoms with Gasteiger partial charge in [-0.05, 0) is 44.0 Å². The molecule has 184 valence electrons. The Balaban J connectivity index is 1.47. The monoisotopic (exact) mass is 487 g/mol. The molecule has 2 saturated heterocycles. The summed E-state index contributed by atoms with van der Waals surface area (Å²) in [5.41, 5.74) is 2.20. The number of anilines is 1. The highest BCUT2D eigenvalue weighted by Gasteiger charge is 2.32. The molecular formula is C25H33N3O5S. The molecule has 0 spiro atoms. The molecule has 4 rings (SSSR count). The Labute approximate surface area is 201 Å². The van der Waals surface area contributed by atoms with Gasteiger partial charge in [0, 0.05) is 31.9 Å². The third-order valence-electron chi connectivity index (χ3n) is 6.43. The van der Waals surface area contributed by atoms with Crippen LogP contribution in [0.3, 0.4) is 0 Å². The SMILES string of the molecule is Cc1ccc(NC(=O)C(C)N2CC(C)OC(c3ccccc3)C2)cc1S(=O)(=O)N1CCOCC1. The summed E-state index contributed by atoms with van der Waals surface area (Å²) in [6, 6.07) is 14.6. The molecule has 1 N–H and O–H groups in total. The first-order chi connectivity index (χ1) is 16.3. The predicted octanol–water partition coefficient (Wildman–Crippen LogP) is 2.80. The van der Waals surface area contributed by atoms with Gasteiger partial charge in [0.1, 0.15) is 0 Å². The number of rotatable bonds is 6. The molecule has 0 aliphatic carbocycles. The van der Waals surface area contributed by atoms with Crippen LogP contribution >= 0.6 is 0 Å². The van der Waals surface area contributed by atoms with E-state index in [0.29, 0.717) is 50.6 Å². The number of hydrogen-bond donors (Lipinski definition) is 1. The van der Waals surface area contributed by atoms with Gasteiger partial charge >= 0.3 is 0 Å². The van der Waals surface area contributed by atoms with Crippen LogP contribution in [-0.2, 0) is 24.3 Å². The van der Waals surface area contributed by atoms with Gasteiger partial charge in [0.05, 0.1) is 36.4 Å². The van der Waals surface area contributed by atoms with E-state index in [1.54, 1.807) is 25.1 Å². The van der Waals surface area contributed by atoms with Crippen molar-refractivity contribution in [1.82, 2.24) is 9.21 Å². The lowest BCUT2D eigenvalue weighted by atomic mass is 10.1. The Hall–Kier alpha value is -2.30. The quantitative estimate of drug-likeness (QED) is 0.674. The number of nitrogens with zero attached hydrogens (tertiary/aromatic N) is 2. The zero-order valence-electron chi connectivity index (χ0n) is 19.9. The van der Waals surface area contributed by atoms with E-state index in [-0.39, 0.29) is 23.0 Å². The molecule has 0 aromatic heterocycles.